The maximum Gasteiger partial charge on any atom is 0.228 e. The fraction of sp³-hybridized carbons (Fsp3) is 0.500. The van der Waals surface area contributed by atoms with Crippen molar-refractivity contribution in [2.75, 3.05) is 11.9 Å². The SMILES string of the molecule is CCC(C)SCc1noc(CCNc2ccc(C)cc2)n1. The number of hydrogen-bond donors (Lipinski definition) is 1. The van der Waals surface area contributed by atoms with Crippen molar-refractivity contribution >= 4 is 17.4 Å². The number of nitrogens with zero attached hydrogens (tertiary/aromatic N) is 2. The third kappa shape index (κ3) is 5.42. The Bertz CT molecular complexity index is 539. The molecule has 0 saturated heterocycles. The van der Waals surface area contributed by atoms with Gasteiger partial charge in [-0.05, 0) is 25.5 Å². The molecule has 0 aliphatic heterocycles. The van der Waals surface area contributed by atoms with E-state index >= 15 is 0 Å². The monoisotopic (exact) mass is 305 g/mol. The van der Waals surface area contributed by atoms with Crippen LogP contribution in [0.2, 0.25) is 0 Å². The molecule has 0 bridgehead atoms. The van der Waals surface area contributed by atoms with Crippen LogP contribution in [0.3, 0.4) is 0 Å². The smallest absolute Gasteiger partial charge is 0.228 e. The lowest BCUT2D eigenvalue weighted by molar-refractivity contribution is 0.376. The Kier molecular flexibility index (Phi) is 6.11. The molecule has 2 rings (SSSR count). The van der Waals surface area contributed by atoms with Crippen LogP contribution in [0.5, 0.6) is 0 Å². The molecule has 4 nitrogen and oxygen atoms in total. The number of anilines is 1. The number of benzene rings is 1. The fourth-order valence-corrected chi connectivity index (χ4v) is 2.56. The normalized spacial score (nSPS) is 12.3. The highest BCUT2D eigenvalue weighted by Crippen LogP contribution is 2.18. The second-order valence-corrected chi connectivity index (χ2v) is 6.60. The second-order valence-electron chi connectivity index (χ2n) is 5.18. The zero-order valence-electron chi connectivity index (χ0n) is 12.9. The van der Waals surface area contributed by atoms with Crippen molar-refractivity contribution in [2.45, 2.75) is 44.6 Å². The van der Waals surface area contributed by atoms with E-state index in [4.69, 9.17) is 4.52 Å². The lowest BCUT2D eigenvalue weighted by Crippen LogP contribution is -2.05. The minimum absolute atomic E-state index is 0.634. The molecule has 0 radical (unpaired) electrons. The third-order valence-electron chi connectivity index (χ3n) is 3.30. The first-order valence-electron chi connectivity index (χ1n) is 7.41. The molecular weight excluding hydrogens is 282 g/mol. The summed E-state index contributed by atoms with van der Waals surface area (Å²) in [7, 11) is 0. The number of aromatic nitrogens is 2. The molecule has 0 fully saturated rings. The molecule has 0 amide bonds. The number of aryl methyl sites for hydroxylation is 1. The third-order valence-corrected chi connectivity index (χ3v) is 4.63. The molecule has 0 saturated carbocycles. The average molecular weight is 305 g/mol. The second kappa shape index (κ2) is 8.08. The maximum atomic E-state index is 5.27. The first-order chi connectivity index (χ1) is 10.2. The summed E-state index contributed by atoms with van der Waals surface area (Å²) in [4.78, 5) is 4.42. The van der Waals surface area contributed by atoms with Crippen molar-refractivity contribution in [2.24, 2.45) is 0 Å². The molecular formula is C16H23N3OS. The van der Waals surface area contributed by atoms with Gasteiger partial charge in [-0.2, -0.15) is 16.7 Å². The molecule has 21 heavy (non-hydrogen) atoms. The Morgan fingerprint density at radius 1 is 1.29 bits per heavy atom. The number of thioether (sulfide) groups is 1. The summed E-state index contributed by atoms with van der Waals surface area (Å²) >= 11 is 1.86. The van der Waals surface area contributed by atoms with Crippen LogP contribution in [-0.4, -0.2) is 21.9 Å². The van der Waals surface area contributed by atoms with Crippen LogP contribution in [0, 0.1) is 6.92 Å². The zero-order valence-corrected chi connectivity index (χ0v) is 13.7. The Labute approximate surface area is 130 Å². The molecule has 1 atom stereocenters. The van der Waals surface area contributed by atoms with Crippen LogP contribution in [-0.2, 0) is 12.2 Å². The van der Waals surface area contributed by atoms with Gasteiger partial charge < -0.3 is 9.84 Å². The van der Waals surface area contributed by atoms with Crippen LogP contribution in [0.1, 0.15) is 37.5 Å². The molecule has 1 heterocycles. The first kappa shape index (κ1) is 15.9. The van der Waals surface area contributed by atoms with E-state index in [-0.39, 0.29) is 0 Å². The Morgan fingerprint density at radius 3 is 2.76 bits per heavy atom. The number of hydrogen-bond acceptors (Lipinski definition) is 5. The Morgan fingerprint density at radius 2 is 2.05 bits per heavy atom. The Hall–Kier alpha value is -1.49. The number of nitrogens with one attached hydrogen (secondary N) is 1. The molecule has 1 N–H and O–H groups in total. The Balaban J connectivity index is 1.73. The van der Waals surface area contributed by atoms with E-state index in [1.807, 2.05) is 11.8 Å². The van der Waals surface area contributed by atoms with Gasteiger partial charge in [0.25, 0.3) is 0 Å². The van der Waals surface area contributed by atoms with Crippen LogP contribution in [0.15, 0.2) is 28.8 Å². The average Bonchev–Trinajstić information content (AvgIpc) is 2.95. The highest BCUT2D eigenvalue weighted by atomic mass is 32.2. The summed E-state index contributed by atoms with van der Waals surface area (Å²) in [5.41, 5.74) is 2.38. The van der Waals surface area contributed by atoms with Gasteiger partial charge in [-0.25, -0.2) is 0 Å². The fourth-order valence-electron chi connectivity index (χ4n) is 1.77. The van der Waals surface area contributed by atoms with Gasteiger partial charge in [0.15, 0.2) is 5.82 Å². The predicted molar refractivity (Wildman–Crippen MR) is 88.7 cm³/mol. The van der Waals surface area contributed by atoms with Crippen molar-refractivity contribution in [3.05, 3.63) is 41.5 Å². The van der Waals surface area contributed by atoms with E-state index in [2.05, 4.69) is 60.5 Å². The summed E-state index contributed by atoms with van der Waals surface area (Å²) < 4.78 is 5.27. The highest BCUT2D eigenvalue weighted by molar-refractivity contribution is 7.99. The lowest BCUT2D eigenvalue weighted by Gasteiger charge is -2.04. The summed E-state index contributed by atoms with van der Waals surface area (Å²) in [5, 5.41) is 8.02. The van der Waals surface area contributed by atoms with Crippen LogP contribution < -0.4 is 5.32 Å². The van der Waals surface area contributed by atoms with E-state index in [1.165, 1.54) is 5.56 Å². The maximum absolute atomic E-state index is 5.27. The van der Waals surface area contributed by atoms with E-state index in [0.717, 1.165) is 36.7 Å². The summed E-state index contributed by atoms with van der Waals surface area (Å²) in [6, 6.07) is 8.35. The summed E-state index contributed by atoms with van der Waals surface area (Å²) in [5.74, 6) is 2.32. The van der Waals surface area contributed by atoms with Gasteiger partial charge in [-0.1, -0.05) is 36.7 Å². The van der Waals surface area contributed by atoms with Crippen molar-refractivity contribution in [3.8, 4) is 0 Å². The van der Waals surface area contributed by atoms with Gasteiger partial charge in [-0.15, -0.1) is 0 Å². The van der Waals surface area contributed by atoms with E-state index < -0.39 is 0 Å². The topological polar surface area (TPSA) is 51.0 Å². The highest BCUT2D eigenvalue weighted by Gasteiger charge is 2.08. The minimum Gasteiger partial charge on any atom is -0.385 e. The molecule has 5 heteroatoms. The molecule has 2 aromatic rings. The van der Waals surface area contributed by atoms with E-state index in [1.54, 1.807) is 0 Å². The van der Waals surface area contributed by atoms with Crippen LogP contribution >= 0.6 is 11.8 Å². The summed E-state index contributed by atoms with van der Waals surface area (Å²) in [6.45, 7) is 7.29. The predicted octanol–water partition coefficient (Wildman–Crippen LogP) is 4.06. The largest absolute Gasteiger partial charge is 0.385 e. The van der Waals surface area contributed by atoms with E-state index in [9.17, 15) is 0 Å². The van der Waals surface area contributed by atoms with Crippen molar-refractivity contribution < 1.29 is 4.52 Å². The van der Waals surface area contributed by atoms with Gasteiger partial charge in [0.1, 0.15) is 0 Å². The quantitative estimate of drug-likeness (QED) is 0.797. The van der Waals surface area contributed by atoms with Crippen molar-refractivity contribution in [1.29, 1.82) is 0 Å². The molecule has 1 aromatic heterocycles. The van der Waals surface area contributed by atoms with Crippen molar-refractivity contribution in [1.82, 2.24) is 10.1 Å². The van der Waals surface area contributed by atoms with E-state index in [0.29, 0.717) is 11.1 Å². The van der Waals surface area contributed by atoms with Gasteiger partial charge >= 0.3 is 0 Å². The molecule has 114 valence electrons. The van der Waals surface area contributed by atoms with Crippen LogP contribution in [0.25, 0.3) is 0 Å². The lowest BCUT2D eigenvalue weighted by atomic mass is 10.2. The number of rotatable bonds is 8. The molecule has 1 unspecified atom stereocenters. The summed E-state index contributed by atoms with van der Waals surface area (Å²) in [6.07, 6.45) is 1.91. The minimum atomic E-state index is 0.634. The molecule has 0 aliphatic rings. The van der Waals surface area contributed by atoms with Crippen molar-refractivity contribution in [3.63, 3.8) is 0 Å². The molecule has 1 aromatic carbocycles. The standard InChI is InChI=1S/C16H23N3OS/c1-4-13(3)21-11-15-18-16(20-19-15)9-10-17-14-7-5-12(2)6-8-14/h5-8,13,17H,4,9-11H2,1-3H3. The zero-order chi connectivity index (χ0) is 15.1. The molecule has 0 aliphatic carbocycles. The van der Waals surface area contributed by atoms with Gasteiger partial charge in [0.2, 0.25) is 5.89 Å². The first-order valence-corrected chi connectivity index (χ1v) is 8.46. The van der Waals surface area contributed by atoms with Gasteiger partial charge in [0, 0.05) is 23.9 Å². The van der Waals surface area contributed by atoms with Crippen LogP contribution in [0.4, 0.5) is 5.69 Å². The van der Waals surface area contributed by atoms with Gasteiger partial charge in [-0.3, -0.25) is 0 Å². The van der Waals surface area contributed by atoms with Gasteiger partial charge in [0.05, 0.1) is 5.75 Å². The molecule has 0 spiro atoms.